The van der Waals surface area contributed by atoms with Gasteiger partial charge in [0.2, 0.25) is 0 Å². The quantitative estimate of drug-likeness (QED) is 0.227. The highest BCUT2D eigenvalue weighted by molar-refractivity contribution is 5.03. The molecule has 33 aliphatic carbocycles. The van der Waals surface area contributed by atoms with Gasteiger partial charge < -0.3 is 0 Å². The van der Waals surface area contributed by atoms with Crippen LogP contribution in [-0.2, 0) is 0 Å². The molecule has 0 aromatic carbocycles. The molecule has 14 bridgehead atoms. The molecule has 16 unspecified atom stereocenters. The first-order chi connectivity index (χ1) is 58.7. The molecule has 0 nitrogen and oxygen atoms in total. The van der Waals surface area contributed by atoms with Gasteiger partial charge in [0.1, 0.15) is 0 Å². The molecule has 0 amide bonds. The van der Waals surface area contributed by atoms with Crippen LogP contribution in [-0.4, -0.2) is 0 Å². The second-order valence-electron chi connectivity index (χ2n) is 52.4. The Labute approximate surface area is 742 Å². The Morgan fingerprint density at radius 1 is 0.0924 bits per heavy atom. The fraction of sp³-hybridized carbons (Fsp3) is 1.00. The number of hydrogen-bond donors (Lipinski definition) is 0. The predicted molar refractivity (Wildman–Crippen MR) is 511 cm³/mol. The zero-order valence-corrected chi connectivity index (χ0v) is 79.9. The van der Waals surface area contributed by atoms with Gasteiger partial charge in [-0.15, -0.1) is 0 Å². The molecule has 16 atom stereocenters. The van der Waals surface area contributed by atoms with Gasteiger partial charge in [-0.05, 0) is 426 Å². The van der Waals surface area contributed by atoms with Gasteiger partial charge in [0, 0.05) is 0 Å². The number of rotatable bonds is 0. The van der Waals surface area contributed by atoms with Crippen molar-refractivity contribution < 1.29 is 0 Å². The summed E-state index contributed by atoms with van der Waals surface area (Å²) in [6, 6.07) is 0. The van der Waals surface area contributed by atoms with Gasteiger partial charge in [0.15, 0.2) is 0 Å². The molecule has 0 aromatic heterocycles. The minimum atomic E-state index is 0.858. The van der Waals surface area contributed by atoms with Crippen LogP contribution in [0.3, 0.4) is 0 Å². The lowest BCUT2D eigenvalue weighted by Gasteiger charge is -2.57. The average molecular weight is 1630 g/mol. The SMILES string of the molecule is C1C2CC1C2.C1CC2CC(C1)C2.C1CC2CC1C2.C1CC2CCC(C1)C2.C1CC2CCC1C2.C1CC2CCCC(C1)C2.C1CCC2(CC1)CC2.C1CCC2(CC1)CCCC2.C1CCC2(CC1)CCCCC2.C1CCC2C(C1)CCC1C2CCC2C3CCCCC3CCC21.C1CCC2C(C1)CCC1C3CCCCC3CCC21.C1CCC2CC(C1)C2. The summed E-state index contributed by atoms with van der Waals surface area (Å²) in [7, 11) is 0. The van der Waals surface area contributed by atoms with E-state index in [2.05, 4.69) is 0 Å². The molecular formula is C119H204. The van der Waals surface area contributed by atoms with Crippen LogP contribution in [0.15, 0.2) is 0 Å². The maximum absolute atomic E-state index is 1.64. The summed E-state index contributed by atoms with van der Waals surface area (Å²) in [4.78, 5) is 0. The van der Waals surface area contributed by atoms with Gasteiger partial charge >= 0.3 is 0 Å². The van der Waals surface area contributed by atoms with E-state index in [0.717, 1.165) is 75.4 Å². The van der Waals surface area contributed by atoms with Crippen molar-refractivity contribution >= 4 is 0 Å². The number of hydrogen-bond acceptors (Lipinski definition) is 0. The van der Waals surface area contributed by atoms with Crippen LogP contribution in [0.25, 0.3) is 0 Å². The second kappa shape index (κ2) is 44.7. The molecule has 0 heteroatoms. The molecule has 33 saturated carbocycles. The first kappa shape index (κ1) is 89.6. The molecule has 0 N–H and O–H groups in total. The summed E-state index contributed by atoms with van der Waals surface area (Å²) >= 11 is 0. The van der Waals surface area contributed by atoms with E-state index in [9.17, 15) is 0 Å². The van der Waals surface area contributed by atoms with Gasteiger partial charge in [-0.2, -0.15) is 0 Å². The van der Waals surface area contributed by atoms with Gasteiger partial charge in [-0.25, -0.2) is 0 Å². The molecule has 0 aliphatic heterocycles. The van der Waals surface area contributed by atoms with Gasteiger partial charge in [-0.3, -0.25) is 0 Å². The van der Waals surface area contributed by atoms with Crippen molar-refractivity contribution in [3.05, 3.63) is 0 Å². The minimum absolute atomic E-state index is 0.858. The van der Waals surface area contributed by atoms with E-state index in [4.69, 9.17) is 0 Å². The Balaban J connectivity index is 0.0000000916. The van der Waals surface area contributed by atoms with Crippen molar-refractivity contribution in [2.45, 2.75) is 565 Å². The Hall–Kier alpha value is 0. The van der Waals surface area contributed by atoms with E-state index >= 15 is 0 Å². The Kier molecular flexibility index (Phi) is 33.7. The second-order valence-corrected chi connectivity index (χ2v) is 52.4. The highest BCUT2D eigenvalue weighted by Gasteiger charge is 2.53. The van der Waals surface area contributed by atoms with Crippen LogP contribution >= 0.6 is 0 Å². The van der Waals surface area contributed by atoms with Crippen molar-refractivity contribution in [1.29, 1.82) is 0 Å². The fourth-order valence-corrected chi connectivity index (χ4v) is 37.6. The third-order valence-electron chi connectivity index (χ3n) is 45.2. The summed E-state index contributed by atoms with van der Waals surface area (Å²) in [5.74, 6) is 32.7. The standard InChI is InChI=1S/C22H36.C18H30.C11H20.C10H18.C9H16.3C8H14.2C7H12.C6H10.C5H8/c1-3-7-17-15(5-1)9-11-21-19(17)13-14-20-18-8-4-2-6-16(18)10-12-22(20)21;1-3-7-15-13(5-1)9-11-18-16-8-4-2-6-14(16)10-12-17(15)18;1-3-7-11(8-4-1)9-5-2-6-10-11;1-2-6-10(7-3-1)8-4-5-9-10;1-3-8-5-2-6-9(4-1)7-8;1-2-7-4-5-8(3-1)6-7;1-2-4-8-5-7(3-1)6-8;1-2-4-8(5-3-1)6-7-8;1-2-7-4-3-6(1)5-7;1-2-6-4-7(3-1)5-6;1-2-6-3-5(1)4-6;1-4-2-5(1)3-4/h15-22H,1-14H2;13-18H,1-12H2;1-10H2;1-9H2;8-9H,1-7H2;2*7-8H,1-6H2;1-7H2;2*6-7H,1-5H2;5-6H,1-4H2;4-5H,1-3H2. The molecule has 0 heterocycles. The lowest BCUT2D eigenvalue weighted by Crippen LogP contribution is -2.49. The lowest BCUT2D eigenvalue weighted by atomic mass is 9.48. The van der Waals surface area contributed by atoms with E-state index in [1.54, 1.807) is 437 Å². The maximum Gasteiger partial charge on any atom is -0.0297 e. The Morgan fingerprint density at radius 2 is 0.252 bits per heavy atom. The van der Waals surface area contributed by atoms with Crippen molar-refractivity contribution in [1.82, 2.24) is 0 Å². The van der Waals surface area contributed by atoms with Crippen LogP contribution in [0.2, 0.25) is 0 Å². The predicted octanol–water partition coefficient (Wildman–Crippen LogP) is 37.8. The van der Waals surface area contributed by atoms with Crippen molar-refractivity contribution in [3.63, 3.8) is 0 Å². The van der Waals surface area contributed by atoms with E-state index in [1.165, 1.54) is 235 Å². The normalized spacial score (nSPS) is 45.6. The summed E-state index contributed by atoms with van der Waals surface area (Å²) in [5.41, 5.74) is 2.66. The van der Waals surface area contributed by atoms with Crippen molar-refractivity contribution in [2.75, 3.05) is 0 Å². The Morgan fingerprint density at radius 3 is 0.471 bits per heavy atom. The topological polar surface area (TPSA) is 0 Å². The van der Waals surface area contributed by atoms with Gasteiger partial charge in [0.05, 0.1) is 0 Å². The fourth-order valence-electron chi connectivity index (χ4n) is 37.6. The molecule has 0 aromatic rings. The molecule has 680 valence electrons. The van der Waals surface area contributed by atoms with Crippen LogP contribution in [0.4, 0.5) is 0 Å². The van der Waals surface area contributed by atoms with E-state index in [-0.39, 0.29) is 0 Å². The first-order valence-corrected chi connectivity index (χ1v) is 58.7. The first-order valence-electron chi connectivity index (χ1n) is 58.7. The monoisotopic (exact) mass is 1630 g/mol. The zero-order chi connectivity index (χ0) is 79.9. The van der Waals surface area contributed by atoms with Crippen molar-refractivity contribution in [2.24, 2.45) is 182 Å². The highest BCUT2D eigenvalue weighted by atomic mass is 14.6. The summed E-state index contributed by atoms with van der Waals surface area (Å²) in [5, 5.41) is 0. The zero-order valence-electron chi connectivity index (χ0n) is 79.9. The number of fused-ring (bicyclic) bond motifs is 24. The summed E-state index contributed by atoms with van der Waals surface area (Å²) < 4.78 is 0. The third-order valence-corrected chi connectivity index (χ3v) is 45.2. The lowest BCUT2D eigenvalue weighted by molar-refractivity contribution is -0.0786. The van der Waals surface area contributed by atoms with Crippen LogP contribution in [0, 0.1) is 182 Å². The van der Waals surface area contributed by atoms with Crippen LogP contribution in [0.5, 0.6) is 0 Å². The molecule has 0 radical (unpaired) electrons. The molecule has 0 saturated heterocycles. The molecule has 3 spiro atoms. The third kappa shape index (κ3) is 24.6. The molecule has 33 fully saturated rings. The van der Waals surface area contributed by atoms with E-state index < -0.39 is 0 Å². The van der Waals surface area contributed by atoms with Gasteiger partial charge in [0.25, 0.3) is 0 Å². The van der Waals surface area contributed by atoms with Crippen LogP contribution in [0.1, 0.15) is 565 Å². The van der Waals surface area contributed by atoms with E-state index in [1.807, 2.05) is 0 Å². The Bertz CT molecular complexity index is 2610. The summed E-state index contributed by atoms with van der Waals surface area (Å²) in [6.45, 7) is 0. The minimum Gasteiger partial charge on any atom is -0.0533 e. The average Bonchev–Trinajstić information content (AvgIpc) is 1.43. The maximum atomic E-state index is 1.64. The largest absolute Gasteiger partial charge is 0.0533 e. The summed E-state index contributed by atoms with van der Waals surface area (Å²) in [6.07, 6.45) is 138. The van der Waals surface area contributed by atoms with Gasteiger partial charge in [-0.1, -0.05) is 321 Å². The van der Waals surface area contributed by atoms with E-state index in [0.29, 0.717) is 0 Å². The van der Waals surface area contributed by atoms with Crippen molar-refractivity contribution in [3.8, 4) is 0 Å². The molecular weight excluding hydrogens is 1430 g/mol. The molecule has 33 rings (SSSR count). The smallest absolute Gasteiger partial charge is 0.0297 e. The molecule has 33 aliphatic rings. The van der Waals surface area contributed by atoms with Crippen LogP contribution < -0.4 is 0 Å². The molecule has 119 heavy (non-hydrogen) atoms. The highest BCUT2D eigenvalue weighted by Crippen LogP contribution is 2.63.